The normalized spacial score (nSPS) is 16.1. The predicted molar refractivity (Wildman–Crippen MR) is 60.2 cm³/mol. The van der Waals surface area contributed by atoms with Crippen LogP contribution in [-0.2, 0) is 0 Å². The first kappa shape index (κ1) is 9.02. The van der Waals surface area contributed by atoms with Crippen molar-refractivity contribution in [2.24, 2.45) is 0 Å². The van der Waals surface area contributed by atoms with Crippen LogP contribution in [0.3, 0.4) is 0 Å². The number of nitrogens with one attached hydrogen (secondary N) is 1. The number of anilines is 1. The molecule has 1 aliphatic heterocycles. The third kappa shape index (κ3) is 1.56. The zero-order valence-corrected chi connectivity index (χ0v) is 8.29. The number of thiocarbonyl (C=S) groups is 1. The van der Waals surface area contributed by atoms with Crippen molar-refractivity contribution in [1.29, 1.82) is 0 Å². The summed E-state index contributed by atoms with van der Waals surface area (Å²) in [6.07, 6.45) is 1.54. The average Bonchev–Trinajstić information content (AvgIpc) is 2.19. The van der Waals surface area contributed by atoms with Crippen LogP contribution in [0.2, 0.25) is 0 Å². The summed E-state index contributed by atoms with van der Waals surface area (Å²) in [5, 5.41) is 12.5. The topological polar surface area (TPSA) is 35.5 Å². The summed E-state index contributed by atoms with van der Waals surface area (Å²) in [7, 11) is 0. The quantitative estimate of drug-likeness (QED) is 0.687. The van der Waals surface area contributed by atoms with Crippen LogP contribution in [0.5, 0.6) is 0 Å². The lowest BCUT2D eigenvalue weighted by Gasteiger charge is -2.27. The van der Waals surface area contributed by atoms with E-state index in [1.165, 1.54) is 0 Å². The Morgan fingerprint density at radius 1 is 1.29 bits per heavy atom. The Kier molecular flexibility index (Phi) is 2.37. The lowest BCUT2D eigenvalue weighted by Crippen LogP contribution is -2.40. The van der Waals surface area contributed by atoms with E-state index in [-0.39, 0.29) is 5.88 Å². The number of hydrogen-bond acceptors (Lipinski definition) is 3. The number of hydrogen-bond donors (Lipinski definition) is 2. The third-order valence-corrected chi connectivity index (χ3v) is 2.30. The van der Waals surface area contributed by atoms with Gasteiger partial charge in [-0.3, -0.25) is 4.90 Å². The fourth-order valence-electron chi connectivity index (χ4n) is 1.35. The summed E-state index contributed by atoms with van der Waals surface area (Å²) in [6, 6.07) is 9.55. The van der Waals surface area contributed by atoms with Crippen molar-refractivity contribution >= 4 is 22.9 Å². The third-order valence-electron chi connectivity index (χ3n) is 1.98. The van der Waals surface area contributed by atoms with Crippen LogP contribution in [0.15, 0.2) is 42.4 Å². The van der Waals surface area contributed by atoms with Crippen LogP contribution < -0.4 is 10.2 Å². The highest BCUT2D eigenvalue weighted by Gasteiger charge is 2.18. The van der Waals surface area contributed by atoms with E-state index in [9.17, 15) is 5.11 Å². The average molecular weight is 206 g/mol. The van der Waals surface area contributed by atoms with Crippen molar-refractivity contribution < 1.29 is 5.11 Å². The molecule has 1 heterocycles. The van der Waals surface area contributed by atoms with E-state index >= 15 is 0 Å². The highest BCUT2D eigenvalue weighted by Crippen LogP contribution is 2.19. The summed E-state index contributed by atoms with van der Waals surface area (Å²) in [6.45, 7) is 0.578. The van der Waals surface area contributed by atoms with Crippen LogP contribution in [0.1, 0.15) is 0 Å². The van der Waals surface area contributed by atoms with Gasteiger partial charge in [-0.25, -0.2) is 0 Å². The molecule has 0 amide bonds. The highest BCUT2D eigenvalue weighted by molar-refractivity contribution is 7.80. The van der Waals surface area contributed by atoms with Crippen LogP contribution in [0.25, 0.3) is 0 Å². The minimum atomic E-state index is 0.132. The van der Waals surface area contributed by atoms with Crippen molar-refractivity contribution in [3.05, 3.63) is 42.4 Å². The molecule has 0 spiro atoms. The summed E-state index contributed by atoms with van der Waals surface area (Å²) in [5.41, 5.74) is 0.882. The van der Waals surface area contributed by atoms with E-state index in [0.717, 1.165) is 5.69 Å². The molecule has 0 aliphatic carbocycles. The molecule has 0 unspecified atom stereocenters. The Hall–Kier alpha value is -1.55. The van der Waals surface area contributed by atoms with Gasteiger partial charge in [-0.15, -0.1) is 0 Å². The van der Waals surface area contributed by atoms with Gasteiger partial charge in [-0.05, 0) is 12.1 Å². The SMILES string of the molecule is OC1=CNCC(=S)N1c1ccccc1. The van der Waals surface area contributed by atoms with Gasteiger partial charge in [0.1, 0.15) is 4.99 Å². The minimum Gasteiger partial charge on any atom is -0.493 e. The number of aliphatic hydroxyl groups is 1. The summed E-state index contributed by atoms with van der Waals surface area (Å²) in [5.74, 6) is 0.132. The van der Waals surface area contributed by atoms with Gasteiger partial charge in [-0.2, -0.15) is 0 Å². The minimum absolute atomic E-state index is 0.132. The fourth-order valence-corrected chi connectivity index (χ4v) is 1.64. The molecule has 4 heteroatoms. The van der Waals surface area contributed by atoms with Crippen molar-refractivity contribution in [3.8, 4) is 0 Å². The second-order valence-corrected chi connectivity index (χ2v) is 3.42. The van der Waals surface area contributed by atoms with Crippen molar-refractivity contribution in [3.63, 3.8) is 0 Å². The number of aliphatic hydroxyl groups excluding tert-OH is 1. The predicted octanol–water partition coefficient (Wildman–Crippen LogP) is 1.78. The molecular formula is C10H10N2OS. The smallest absolute Gasteiger partial charge is 0.212 e. The van der Waals surface area contributed by atoms with Crippen LogP contribution in [0, 0.1) is 0 Å². The number of benzene rings is 1. The molecule has 0 atom stereocenters. The first-order valence-electron chi connectivity index (χ1n) is 4.29. The van der Waals surface area contributed by atoms with E-state index in [0.29, 0.717) is 11.5 Å². The molecule has 0 aromatic heterocycles. The van der Waals surface area contributed by atoms with Gasteiger partial charge in [-0.1, -0.05) is 30.4 Å². The van der Waals surface area contributed by atoms with Crippen LogP contribution >= 0.6 is 12.2 Å². The second kappa shape index (κ2) is 3.67. The maximum Gasteiger partial charge on any atom is 0.212 e. The molecule has 1 aliphatic rings. The number of nitrogens with zero attached hydrogens (tertiary/aromatic N) is 1. The van der Waals surface area contributed by atoms with Gasteiger partial charge in [0, 0.05) is 5.69 Å². The number of para-hydroxylation sites is 1. The van der Waals surface area contributed by atoms with E-state index in [1.54, 1.807) is 11.1 Å². The molecule has 14 heavy (non-hydrogen) atoms. The Bertz CT molecular complexity index is 375. The Morgan fingerprint density at radius 2 is 2.00 bits per heavy atom. The largest absolute Gasteiger partial charge is 0.493 e. The van der Waals surface area contributed by atoms with Gasteiger partial charge < -0.3 is 10.4 Å². The lowest BCUT2D eigenvalue weighted by molar-refractivity contribution is 0.397. The lowest BCUT2D eigenvalue weighted by atomic mass is 10.3. The van der Waals surface area contributed by atoms with Crippen LogP contribution in [0.4, 0.5) is 5.69 Å². The fraction of sp³-hybridized carbons (Fsp3) is 0.100. The van der Waals surface area contributed by atoms with Gasteiger partial charge >= 0.3 is 0 Å². The molecule has 2 rings (SSSR count). The summed E-state index contributed by atoms with van der Waals surface area (Å²) in [4.78, 5) is 2.31. The molecular weight excluding hydrogens is 196 g/mol. The summed E-state index contributed by atoms with van der Waals surface area (Å²) < 4.78 is 0. The monoisotopic (exact) mass is 206 g/mol. The zero-order valence-electron chi connectivity index (χ0n) is 7.47. The maximum absolute atomic E-state index is 9.63. The van der Waals surface area contributed by atoms with Gasteiger partial charge in [0.05, 0.1) is 12.7 Å². The Morgan fingerprint density at radius 3 is 2.64 bits per heavy atom. The zero-order chi connectivity index (χ0) is 9.97. The first-order valence-corrected chi connectivity index (χ1v) is 4.70. The van der Waals surface area contributed by atoms with Gasteiger partial charge in [0.2, 0.25) is 5.88 Å². The van der Waals surface area contributed by atoms with E-state index in [2.05, 4.69) is 5.32 Å². The second-order valence-electron chi connectivity index (χ2n) is 2.95. The van der Waals surface area contributed by atoms with E-state index in [1.807, 2.05) is 30.3 Å². The first-order chi connectivity index (χ1) is 6.79. The molecule has 1 aromatic carbocycles. The Balaban J connectivity index is 2.37. The maximum atomic E-state index is 9.63. The van der Waals surface area contributed by atoms with Crippen molar-refractivity contribution in [2.45, 2.75) is 0 Å². The Labute approximate surface area is 87.7 Å². The van der Waals surface area contributed by atoms with E-state index < -0.39 is 0 Å². The molecule has 0 saturated heterocycles. The molecule has 0 bridgehead atoms. The standard InChI is InChI=1S/C10H10N2OS/c13-9-6-11-7-10(14)12(9)8-4-2-1-3-5-8/h1-6,11,13H,7H2. The van der Waals surface area contributed by atoms with Crippen molar-refractivity contribution in [2.75, 3.05) is 11.4 Å². The molecule has 3 nitrogen and oxygen atoms in total. The molecule has 2 N–H and O–H groups in total. The van der Waals surface area contributed by atoms with Gasteiger partial charge in [0.25, 0.3) is 0 Å². The van der Waals surface area contributed by atoms with E-state index in [4.69, 9.17) is 12.2 Å². The van der Waals surface area contributed by atoms with Crippen molar-refractivity contribution in [1.82, 2.24) is 5.32 Å². The van der Waals surface area contributed by atoms with Gasteiger partial charge in [0.15, 0.2) is 0 Å². The van der Waals surface area contributed by atoms with Crippen LogP contribution in [-0.4, -0.2) is 16.6 Å². The highest BCUT2D eigenvalue weighted by atomic mass is 32.1. The molecule has 0 radical (unpaired) electrons. The molecule has 72 valence electrons. The molecule has 0 fully saturated rings. The summed E-state index contributed by atoms with van der Waals surface area (Å²) >= 11 is 5.15. The molecule has 0 saturated carbocycles. The number of rotatable bonds is 1. The molecule has 1 aromatic rings.